The van der Waals surface area contributed by atoms with Crippen LogP contribution in [0.4, 0.5) is 34.1 Å². The molecule has 23 heteroatoms. The summed E-state index contributed by atoms with van der Waals surface area (Å²) in [5.74, 6) is -1.33. The Bertz CT molecular complexity index is 3790. The fraction of sp³-hybridized carbons (Fsp3) is 0.0800. The van der Waals surface area contributed by atoms with Crippen molar-refractivity contribution in [1.29, 1.82) is 0 Å². The molecule has 8 rings (SSSR count). The van der Waals surface area contributed by atoms with Crippen LogP contribution in [0.25, 0.3) is 21.5 Å². The van der Waals surface area contributed by atoms with E-state index in [1.807, 2.05) is 0 Å². The van der Waals surface area contributed by atoms with E-state index in [0.29, 0.717) is 44.4 Å². The number of rotatable bonds is 12. The molecular formula is C50H38BaCl2N6O12S2. The van der Waals surface area contributed by atoms with Crippen LogP contribution in [0.15, 0.2) is 169 Å². The Kier molecular flexibility index (Phi) is 18.1. The number of phenols is 1. The third-order valence-corrected chi connectivity index (χ3v) is 13.8. The Labute approximate surface area is 468 Å². The number of fused-ring (bicyclic) bond motifs is 2. The van der Waals surface area contributed by atoms with Crippen LogP contribution in [0.3, 0.4) is 0 Å². The number of nitrogens with one attached hydrogen (secondary N) is 1. The van der Waals surface area contributed by atoms with Crippen molar-refractivity contribution in [3.8, 4) is 23.0 Å². The van der Waals surface area contributed by atoms with Crippen LogP contribution in [0.2, 0.25) is 10.0 Å². The van der Waals surface area contributed by atoms with E-state index in [2.05, 4.69) is 30.8 Å². The Balaban J connectivity index is 0.000000235. The first-order valence-electron chi connectivity index (χ1n) is 20.9. The fourth-order valence-electron chi connectivity index (χ4n) is 7.04. The van der Waals surface area contributed by atoms with Gasteiger partial charge in [-0.25, -0.2) is 0 Å². The zero-order valence-corrected chi connectivity index (χ0v) is 46.3. The average Bonchev–Trinajstić information content (AvgIpc) is 3.34. The maximum atomic E-state index is 13.3. The number of anilines is 1. The van der Waals surface area contributed by atoms with E-state index < -0.39 is 53.3 Å². The molecular weight excluding hydrogens is 1150 g/mol. The Hall–Kier alpha value is -6.41. The van der Waals surface area contributed by atoms with Gasteiger partial charge in [0.1, 0.15) is 27.0 Å². The molecule has 0 saturated carbocycles. The first-order valence-corrected chi connectivity index (χ1v) is 24.5. The second-order valence-electron chi connectivity index (χ2n) is 15.4. The summed E-state index contributed by atoms with van der Waals surface area (Å²) in [4.78, 5) is 16.2. The van der Waals surface area contributed by atoms with Gasteiger partial charge in [0.15, 0.2) is 5.75 Å². The number of amides is 1. The minimum absolute atomic E-state index is 0. The summed E-state index contributed by atoms with van der Waals surface area (Å²) in [5, 5.41) is 58.3. The molecule has 0 aliphatic rings. The number of halogens is 2. The normalized spacial score (nSPS) is 11.9. The quantitative estimate of drug-likeness (QED) is 0.0292. The second kappa shape index (κ2) is 23.6. The maximum absolute atomic E-state index is 13.3. The van der Waals surface area contributed by atoms with Crippen molar-refractivity contribution in [1.82, 2.24) is 0 Å². The predicted octanol–water partition coefficient (Wildman–Crippen LogP) is 11.0. The molecule has 0 aromatic heterocycles. The van der Waals surface area contributed by atoms with Crippen LogP contribution in [0.5, 0.6) is 23.0 Å². The van der Waals surface area contributed by atoms with E-state index in [4.69, 9.17) is 32.7 Å². The van der Waals surface area contributed by atoms with E-state index in [1.165, 1.54) is 46.3 Å². The van der Waals surface area contributed by atoms with E-state index in [-0.39, 0.29) is 104 Å². The summed E-state index contributed by atoms with van der Waals surface area (Å²) in [5.41, 5.74) is 1.39. The molecule has 368 valence electrons. The number of aromatic hydroxyl groups is 1. The summed E-state index contributed by atoms with van der Waals surface area (Å²) in [6.45, 7) is 3.01. The molecule has 0 aliphatic carbocycles. The summed E-state index contributed by atoms with van der Waals surface area (Å²) in [6.07, 6.45) is 0. The number of azo groups is 2. The van der Waals surface area contributed by atoms with Crippen molar-refractivity contribution in [2.75, 3.05) is 19.5 Å². The Morgan fingerprint density at radius 2 is 1.10 bits per heavy atom. The van der Waals surface area contributed by atoms with Crippen LogP contribution in [-0.4, -0.2) is 106 Å². The third-order valence-electron chi connectivity index (χ3n) is 10.8. The number of carbonyl (C=O) groups excluding carboxylic acids is 1. The number of nitrogens with zero attached hydrogens (tertiary/aromatic N) is 5. The number of phenolic OH excluding ortho intramolecular Hbond substituents is 1. The number of hydrogen-bond acceptors (Lipinski definition) is 15. The van der Waals surface area contributed by atoms with Crippen molar-refractivity contribution >= 4 is 160 Å². The number of hydrogen-bond donors (Lipinski definition) is 4. The molecule has 0 saturated heterocycles. The molecule has 8 aromatic carbocycles. The second-order valence-corrected chi connectivity index (χ2v) is 18.9. The van der Waals surface area contributed by atoms with Gasteiger partial charge in [-0.15, -0.1) is 5.11 Å². The largest absolute Gasteiger partial charge is 2.00 e. The molecule has 1 amide bonds. The molecule has 0 atom stereocenters. The predicted molar refractivity (Wildman–Crippen MR) is 275 cm³/mol. The maximum Gasteiger partial charge on any atom is 2.00 e. The standard InChI is InChI=1S/2C25H20ClN3O6S.Ba/c2*1-14-20(10-11-21(22(14)26)36(32,33)34)28-29-23-18-9-4-3-6-15(18)12-19(24(23)30)25(31)27-16-7-5-8-17(13-16)35-2;/h2*3-13,30H,1-2H3,(H,27,31)(H,32,33,34);/q;;+2/p-2. The van der Waals surface area contributed by atoms with Gasteiger partial charge in [0.2, 0.25) is 0 Å². The summed E-state index contributed by atoms with van der Waals surface area (Å²) in [6, 6.07) is 35.0. The first-order chi connectivity index (χ1) is 34.2. The van der Waals surface area contributed by atoms with E-state index in [9.17, 15) is 46.1 Å². The number of aliphatic imine (C=N–C) groups is 1. The van der Waals surface area contributed by atoms with Crippen molar-refractivity contribution in [3.05, 3.63) is 166 Å². The minimum Gasteiger partial charge on any atom is -0.871 e. The zero-order chi connectivity index (χ0) is 52.1. The van der Waals surface area contributed by atoms with E-state index >= 15 is 0 Å². The van der Waals surface area contributed by atoms with Gasteiger partial charge in [0.25, 0.3) is 26.1 Å². The van der Waals surface area contributed by atoms with Crippen LogP contribution >= 0.6 is 23.2 Å². The molecule has 73 heavy (non-hydrogen) atoms. The van der Waals surface area contributed by atoms with Crippen LogP contribution in [-0.2, 0) is 20.2 Å². The van der Waals surface area contributed by atoms with Gasteiger partial charge in [-0.1, -0.05) is 89.6 Å². The van der Waals surface area contributed by atoms with Gasteiger partial charge in [0, 0.05) is 28.6 Å². The fourth-order valence-corrected chi connectivity index (χ4v) is 9.18. The number of methoxy groups -OCH3 is 2. The van der Waals surface area contributed by atoms with Gasteiger partial charge in [0.05, 0.1) is 52.6 Å². The Morgan fingerprint density at radius 3 is 1.63 bits per heavy atom. The summed E-state index contributed by atoms with van der Waals surface area (Å²) >= 11 is 12.2. The molecule has 8 aromatic rings. The first kappa shape index (κ1) is 55.9. The molecule has 4 N–H and O–H groups in total. The third kappa shape index (κ3) is 12.9. The van der Waals surface area contributed by atoms with Crippen LogP contribution < -0.4 is 25.0 Å². The molecule has 0 radical (unpaired) electrons. The topological polar surface area (TPSA) is 284 Å². The molecule has 0 spiro atoms. The number of ether oxygens (including phenoxy) is 2. The van der Waals surface area contributed by atoms with E-state index in [0.717, 1.165) is 12.1 Å². The van der Waals surface area contributed by atoms with Gasteiger partial charge in [-0.3, -0.25) is 18.9 Å². The summed E-state index contributed by atoms with van der Waals surface area (Å²) < 4.78 is 74.9. The molecule has 0 fully saturated rings. The number of benzene rings is 8. The molecule has 0 aliphatic heterocycles. The smallest absolute Gasteiger partial charge is 0.871 e. The zero-order valence-electron chi connectivity index (χ0n) is 38.7. The van der Waals surface area contributed by atoms with Gasteiger partial charge < -0.3 is 30.1 Å². The van der Waals surface area contributed by atoms with Gasteiger partial charge in [-0.05, 0) is 108 Å². The number of carbonyl (C=O) groups is 1. The SMILES string of the molecule is COc1cccc(N=C([O-])c2cc3ccccc3c(N=Nc3ccc(S(=O)(=O)O)c(Cl)c3C)c2[O-])c1.COc1cccc(NC(=O)c2cc3ccccc3c(N=Nc3ccc(S(=O)(=O)O)c(Cl)c3C)c2O)c1.[Ba+2]. The monoisotopic (exact) mass is 1190 g/mol. The molecule has 0 bridgehead atoms. The molecule has 18 nitrogen and oxygen atoms in total. The van der Waals surface area contributed by atoms with Crippen molar-refractivity contribution in [2.24, 2.45) is 25.4 Å². The van der Waals surface area contributed by atoms with Gasteiger partial charge >= 0.3 is 48.9 Å². The van der Waals surface area contributed by atoms with Crippen LogP contribution in [0.1, 0.15) is 27.0 Å². The molecule has 0 unspecified atom stereocenters. The summed E-state index contributed by atoms with van der Waals surface area (Å²) in [7, 11) is -6.05. The van der Waals surface area contributed by atoms with Crippen molar-refractivity contribution < 1.29 is 55.5 Å². The van der Waals surface area contributed by atoms with Crippen molar-refractivity contribution in [2.45, 2.75) is 23.6 Å². The minimum atomic E-state index is -4.53. The van der Waals surface area contributed by atoms with E-state index in [1.54, 1.807) is 103 Å². The average molecular weight is 1190 g/mol. The van der Waals surface area contributed by atoms with Crippen molar-refractivity contribution in [3.63, 3.8) is 0 Å². The Morgan fingerprint density at radius 1 is 0.616 bits per heavy atom. The van der Waals surface area contributed by atoms with Gasteiger partial charge in [-0.2, -0.15) is 32.2 Å². The molecule has 0 heterocycles. The van der Waals surface area contributed by atoms with Crippen LogP contribution in [0, 0.1) is 13.8 Å².